The molecule has 10 rings (SSSR count). The van der Waals surface area contributed by atoms with Gasteiger partial charge >= 0.3 is 0 Å². The van der Waals surface area contributed by atoms with Gasteiger partial charge in [-0.2, -0.15) is 0 Å². The minimum absolute atomic E-state index is 0.0158. The molecule has 12 heteroatoms. The van der Waals surface area contributed by atoms with Crippen LogP contribution in [0.3, 0.4) is 0 Å². The topological polar surface area (TPSA) is 146 Å². The lowest BCUT2D eigenvalue weighted by atomic mass is 9.81. The molecule has 0 unspecified atom stereocenters. The van der Waals surface area contributed by atoms with Gasteiger partial charge in [0.15, 0.2) is 12.1 Å². The third-order valence-corrected chi connectivity index (χ3v) is 14.0. The lowest BCUT2D eigenvalue weighted by Gasteiger charge is -2.47. The van der Waals surface area contributed by atoms with Gasteiger partial charge in [-0.3, -0.25) is 4.79 Å². The molecule has 10 saturated heterocycles. The van der Waals surface area contributed by atoms with Crippen LogP contribution in [0.25, 0.3) is 0 Å². The number of Topliss-reactive ketones (excluding diaryl/α,β-unsaturated/α-hetero) is 1. The average molecular weight is 730 g/mol. The molecule has 12 nitrogen and oxygen atoms in total. The first-order valence-corrected chi connectivity index (χ1v) is 20.2. The summed E-state index contributed by atoms with van der Waals surface area (Å²) < 4.78 is 59.8. The molecule has 0 amide bonds. The molecule has 0 aromatic carbocycles. The van der Waals surface area contributed by atoms with Crippen LogP contribution in [0.15, 0.2) is 24.3 Å². The van der Waals surface area contributed by atoms with Crippen molar-refractivity contribution in [2.24, 2.45) is 23.5 Å². The summed E-state index contributed by atoms with van der Waals surface area (Å²) in [6.07, 6.45) is 4.94. The standard InChI is InChI=1S/C40H59NO11/c1-19-11-24-5-7-29-20(2)12-26(45-29)9-10-40-17-28-35-37(50-39(28)52-40)38(51-40)36-30(49-35)8-6-25(47-36)13-22(42)14-27-32(16-31(46-24)21(19)3)48-33(34(27)44-4)15-23(43)18-41/h19,23-39,43H,2-3,5-18,41H2,1,4H3/t19-,23+,24+,25-,26+,27+,28+,29+,30+,31-,32+,33-,34-,35-,36+,37-,38+,39-,40+/m1/s1. The summed E-state index contributed by atoms with van der Waals surface area (Å²) >= 11 is 0. The molecular weight excluding hydrogens is 670 g/mol. The molecule has 10 aliphatic heterocycles. The number of methoxy groups -OCH3 is 1. The first-order chi connectivity index (χ1) is 25.1. The number of aliphatic hydroxyl groups is 1. The van der Waals surface area contributed by atoms with Crippen molar-refractivity contribution in [3.8, 4) is 0 Å². The molecule has 0 radical (unpaired) electrons. The SMILES string of the molecule is C=C1C[C@@H]2CC[C@]34C[C@@H]5[C@H](O[C@H]6[C@@H](O3)[C@H]3O[C@H](CC[C@@H]3O[C@H]56)CC(=O)C[C@@H]3[C@@H](OC)[C@@H](C[C@H](O)CN)O[C@H]3C[C@H]3O[C@@H](CC[C@@H]1O2)C[C@@H](C)C3=C)O4. The number of nitrogens with two attached hydrogens (primary N) is 1. The van der Waals surface area contributed by atoms with Crippen molar-refractivity contribution in [3.05, 3.63) is 24.3 Å². The van der Waals surface area contributed by atoms with E-state index in [1.54, 1.807) is 7.11 Å². The molecule has 10 heterocycles. The lowest BCUT2D eigenvalue weighted by molar-refractivity contribution is -0.299. The molecule has 0 saturated carbocycles. The van der Waals surface area contributed by atoms with E-state index in [0.717, 1.165) is 62.5 Å². The zero-order chi connectivity index (χ0) is 35.9. The van der Waals surface area contributed by atoms with Gasteiger partial charge in [-0.1, -0.05) is 20.1 Å². The van der Waals surface area contributed by atoms with Crippen molar-refractivity contribution in [1.82, 2.24) is 0 Å². The van der Waals surface area contributed by atoms with Crippen LogP contribution in [0, 0.1) is 17.8 Å². The maximum Gasteiger partial charge on any atom is 0.172 e. The Hall–Kier alpha value is -1.29. The van der Waals surface area contributed by atoms with Crippen molar-refractivity contribution in [2.45, 2.75) is 188 Å². The highest BCUT2D eigenvalue weighted by Gasteiger charge is 2.68. The average Bonchev–Trinajstić information content (AvgIpc) is 3.79. The van der Waals surface area contributed by atoms with Crippen molar-refractivity contribution in [2.75, 3.05) is 13.7 Å². The number of carbonyl (C=O) groups excluding carboxylic acids is 1. The minimum atomic E-state index is -0.780. The zero-order valence-electron chi connectivity index (χ0n) is 30.8. The number of ketones is 1. The molecule has 19 atom stereocenters. The van der Waals surface area contributed by atoms with Gasteiger partial charge < -0.3 is 53.5 Å². The van der Waals surface area contributed by atoms with E-state index in [1.165, 1.54) is 0 Å². The first-order valence-electron chi connectivity index (χ1n) is 20.2. The van der Waals surface area contributed by atoms with Crippen LogP contribution in [-0.4, -0.2) is 122 Å². The highest BCUT2D eigenvalue weighted by atomic mass is 16.8. The number of rotatable bonds is 4. The molecule has 1 spiro atoms. The van der Waals surface area contributed by atoms with Crippen molar-refractivity contribution < 1.29 is 52.5 Å². The van der Waals surface area contributed by atoms with Gasteiger partial charge in [-0.15, -0.1) is 0 Å². The molecule has 290 valence electrons. The lowest BCUT2D eigenvalue weighted by Crippen LogP contribution is -2.61. The van der Waals surface area contributed by atoms with E-state index >= 15 is 0 Å². The predicted octanol–water partition coefficient (Wildman–Crippen LogP) is 3.64. The van der Waals surface area contributed by atoms with Crippen LogP contribution in [0.5, 0.6) is 0 Å². The molecule has 0 aromatic heterocycles. The van der Waals surface area contributed by atoms with E-state index in [4.69, 9.17) is 48.4 Å². The van der Waals surface area contributed by atoms with Crippen molar-refractivity contribution >= 4 is 5.78 Å². The molecule has 0 aromatic rings. The van der Waals surface area contributed by atoms with Crippen molar-refractivity contribution in [3.63, 3.8) is 0 Å². The van der Waals surface area contributed by atoms with Crippen LogP contribution >= 0.6 is 0 Å². The molecule has 12 bridgehead atoms. The first kappa shape index (κ1) is 36.4. The Balaban J connectivity index is 0.994. The summed E-state index contributed by atoms with van der Waals surface area (Å²) in [6, 6.07) is 0. The number of fused-ring (bicyclic) bond motifs is 6. The van der Waals surface area contributed by atoms with Crippen LogP contribution in [0.2, 0.25) is 0 Å². The van der Waals surface area contributed by atoms with Crippen LogP contribution in [-0.2, 0) is 47.4 Å². The second-order valence-electron chi connectivity index (χ2n) is 17.5. The fourth-order valence-electron chi connectivity index (χ4n) is 11.3. The van der Waals surface area contributed by atoms with Gasteiger partial charge in [0.1, 0.15) is 24.1 Å². The number of aliphatic hydroxyl groups excluding tert-OH is 1. The van der Waals surface area contributed by atoms with Crippen LogP contribution in [0.1, 0.15) is 90.4 Å². The van der Waals surface area contributed by atoms with Crippen molar-refractivity contribution in [1.29, 1.82) is 0 Å². The number of ether oxygens (including phenoxy) is 9. The largest absolute Gasteiger partial charge is 0.392 e. The van der Waals surface area contributed by atoms with E-state index in [1.807, 2.05) is 0 Å². The summed E-state index contributed by atoms with van der Waals surface area (Å²) in [6.45, 7) is 11.3. The molecule has 10 fully saturated rings. The van der Waals surface area contributed by atoms with Gasteiger partial charge in [0.05, 0.1) is 67.1 Å². The summed E-state index contributed by atoms with van der Waals surface area (Å²) in [5.41, 5.74) is 8.01. The Morgan fingerprint density at radius 2 is 1.63 bits per heavy atom. The highest BCUT2D eigenvalue weighted by Crippen LogP contribution is 2.56. The molecule has 3 N–H and O–H groups in total. The quantitative estimate of drug-likeness (QED) is 0.408. The zero-order valence-corrected chi connectivity index (χ0v) is 30.8. The van der Waals surface area contributed by atoms with Gasteiger partial charge in [-0.05, 0) is 62.0 Å². The normalized spacial score (nSPS) is 52.4. The van der Waals surface area contributed by atoms with Crippen LogP contribution < -0.4 is 5.73 Å². The van der Waals surface area contributed by atoms with E-state index in [0.29, 0.717) is 19.3 Å². The summed E-state index contributed by atoms with van der Waals surface area (Å²) in [5.74, 6) is -0.495. The summed E-state index contributed by atoms with van der Waals surface area (Å²) in [4.78, 5) is 14.1. The number of carbonyl (C=O) groups is 1. The monoisotopic (exact) mass is 729 g/mol. The molecular formula is C40H59NO11. The number of hydrogen-bond acceptors (Lipinski definition) is 12. The summed E-state index contributed by atoms with van der Waals surface area (Å²) in [5, 5.41) is 10.5. The van der Waals surface area contributed by atoms with E-state index in [2.05, 4.69) is 20.1 Å². The predicted molar refractivity (Wildman–Crippen MR) is 186 cm³/mol. The minimum Gasteiger partial charge on any atom is -0.392 e. The van der Waals surface area contributed by atoms with Gasteiger partial charge in [0.25, 0.3) is 0 Å². The number of hydrogen-bond donors (Lipinski definition) is 2. The van der Waals surface area contributed by atoms with Gasteiger partial charge in [-0.25, -0.2) is 0 Å². The fraction of sp³-hybridized carbons (Fsp3) is 0.875. The maximum atomic E-state index is 14.1. The highest BCUT2D eigenvalue weighted by molar-refractivity contribution is 5.79. The molecule has 10 aliphatic rings. The maximum absolute atomic E-state index is 14.1. The second kappa shape index (κ2) is 14.3. The third kappa shape index (κ3) is 6.59. The third-order valence-electron chi connectivity index (χ3n) is 14.0. The Morgan fingerprint density at radius 1 is 0.827 bits per heavy atom. The van der Waals surface area contributed by atoms with E-state index < -0.39 is 18.0 Å². The Morgan fingerprint density at radius 3 is 2.46 bits per heavy atom. The van der Waals surface area contributed by atoms with Gasteiger partial charge in [0, 0.05) is 64.0 Å². The molecule has 0 aliphatic carbocycles. The Kier molecular flexibility index (Phi) is 10.0. The Bertz CT molecular complexity index is 1380. The second-order valence-corrected chi connectivity index (χ2v) is 17.5. The van der Waals surface area contributed by atoms with E-state index in [9.17, 15) is 9.90 Å². The summed E-state index contributed by atoms with van der Waals surface area (Å²) in [7, 11) is 1.66. The van der Waals surface area contributed by atoms with Gasteiger partial charge in [0.2, 0.25) is 0 Å². The van der Waals surface area contributed by atoms with E-state index in [-0.39, 0.29) is 122 Å². The smallest absolute Gasteiger partial charge is 0.172 e. The molecule has 52 heavy (non-hydrogen) atoms. The Labute approximate surface area is 307 Å². The van der Waals surface area contributed by atoms with Crippen LogP contribution in [0.4, 0.5) is 0 Å². The fourth-order valence-corrected chi connectivity index (χ4v) is 11.3.